The van der Waals surface area contributed by atoms with E-state index in [1.165, 1.54) is 24.3 Å². The minimum atomic E-state index is -2.93. The highest BCUT2D eigenvalue weighted by Gasteiger charge is 2.38. The van der Waals surface area contributed by atoms with Gasteiger partial charge in [-0.05, 0) is 30.7 Å². The molecule has 0 saturated carbocycles. The minimum Gasteiger partial charge on any atom is -0.435 e. The molecular formula is C15H17F2N3O4. The molecular weight excluding hydrogens is 324 g/mol. The topological polar surface area (TPSA) is 87.7 Å². The van der Waals surface area contributed by atoms with Gasteiger partial charge in [-0.25, -0.2) is 4.79 Å². The molecule has 0 bridgehead atoms. The average Bonchev–Trinajstić information content (AvgIpc) is 2.77. The van der Waals surface area contributed by atoms with Crippen LogP contribution in [0.4, 0.5) is 19.3 Å². The number of carbonyl (C=O) groups is 3. The number of nitrogens with one attached hydrogen (secondary N) is 2. The summed E-state index contributed by atoms with van der Waals surface area (Å²) in [4.78, 5) is 36.5. The molecule has 2 N–H and O–H groups in total. The molecule has 0 spiro atoms. The Morgan fingerprint density at radius 1 is 1.33 bits per heavy atom. The number of alkyl halides is 2. The lowest BCUT2D eigenvalue weighted by molar-refractivity contribution is -0.130. The van der Waals surface area contributed by atoms with Gasteiger partial charge in [0, 0.05) is 5.69 Å². The number of ether oxygens (including phenoxy) is 1. The van der Waals surface area contributed by atoms with Crippen molar-refractivity contribution in [2.24, 2.45) is 0 Å². The number of nitrogens with zero attached hydrogens (tertiary/aromatic N) is 1. The maximum atomic E-state index is 12.1. The van der Waals surface area contributed by atoms with Gasteiger partial charge in [0.15, 0.2) is 0 Å². The SMILES string of the molecule is CCC[C@H]1NC(=O)N(CC(=O)Nc2ccc(OC(F)F)cc2)C1=O. The van der Waals surface area contributed by atoms with Gasteiger partial charge in [0.25, 0.3) is 5.91 Å². The van der Waals surface area contributed by atoms with Gasteiger partial charge < -0.3 is 15.4 Å². The number of benzene rings is 1. The number of anilines is 1. The molecule has 2 rings (SSSR count). The molecule has 1 heterocycles. The molecule has 0 aliphatic carbocycles. The molecule has 1 saturated heterocycles. The first-order valence-electron chi connectivity index (χ1n) is 7.37. The third kappa shape index (κ3) is 4.40. The Kier molecular flexibility index (Phi) is 5.67. The van der Waals surface area contributed by atoms with Crippen molar-refractivity contribution >= 4 is 23.5 Å². The summed E-state index contributed by atoms with van der Waals surface area (Å²) < 4.78 is 28.3. The highest BCUT2D eigenvalue weighted by Crippen LogP contribution is 2.18. The first-order chi connectivity index (χ1) is 11.4. The lowest BCUT2D eigenvalue weighted by Crippen LogP contribution is -2.38. The summed E-state index contributed by atoms with van der Waals surface area (Å²) >= 11 is 0. The normalized spacial score (nSPS) is 17.2. The Morgan fingerprint density at radius 2 is 2.00 bits per heavy atom. The second-order valence-corrected chi connectivity index (χ2v) is 5.17. The van der Waals surface area contributed by atoms with E-state index in [-0.39, 0.29) is 5.75 Å². The van der Waals surface area contributed by atoms with Crippen LogP contribution in [0.1, 0.15) is 19.8 Å². The van der Waals surface area contributed by atoms with Gasteiger partial charge >= 0.3 is 12.6 Å². The van der Waals surface area contributed by atoms with E-state index in [0.29, 0.717) is 12.1 Å². The van der Waals surface area contributed by atoms with E-state index < -0.39 is 37.0 Å². The molecule has 0 aromatic heterocycles. The predicted octanol–water partition coefficient (Wildman–Crippen LogP) is 1.95. The number of rotatable bonds is 7. The second kappa shape index (κ2) is 7.71. The molecule has 7 nitrogen and oxygen atoms in total. The highest BCUT2D eigenvalue weighted by molar-refractivity contribution is 6.07. The van der Waals surface area contributed by atoms with E-state index >= 15 is 0 Å². The number of carbonyl (C=O) groups excluding carboxylic acids is 3. The molecule has 4 amide bonds. The molecule has 1 aliphatic heterocycles. The largest absolute Gasteiger partial charge is 0.435 e. The van der Waals surface area contributed by atoms with E-state index in [9.17, 15) is 23.2 Å². The number of imide groups is 1. The van der Waals surface area contributed by atoms with Gasteiger partial charge in [0.1, 0.15) is 18.3 Å². The number of halogens is 2. The van der Waals surface area contributed by atoms with Crippen LogP contribution < -0.4 is 15.4 Å². The molecule has 0 radical (unpaired) electrons. The Morgan fingerprint density at radius 3 is 2.58 bits per heavy atom. The number of hydrogen-bond donors (Lipinski definition) is 2. The Hall–Kier alpha value is -2.71. The fourth-order valence-electron chi connectivity index (χ4n) is 2.27. The number of hydrogen-bond acceptors (Lipinski definition) is 4. The highest BCUT2D eigenvalue weighted by atomic mass is 19.3. The van der Waals surface area contributed by atoms with Crippen LogP contribution in [0, 0.1) is 0 Å². The zero-order chi connectivity index (χ0) is 17.7. The lowest BCUT2D eigenvalue weighted by Gasteiger charge is -2.13. The summed E-state index contributed by atoms with van der Waals surface area (Å²) in [5, 5.41) is 5.00. The molecule has 24 heavy (non-hydrogen) atoms. The molecule has 130 valence electrons. The van der Waals surface area contributed by atoms with Crippen molar-refractivity contribution < 1.29 is 27.9 Å². The van der Waals surface area contributed by atoms with Gasteiger partial charge in [-0.1, -0.05) is 13.3 Å². The van der Waals surface area contributed by atoms with Crippen molar-refractivity contribution in [3.8, 4) is 5.75 Å². The van der Waals surface area contributed by atoms with Crippen LogP contribution in [0.2, 0.25) is 0 Å². The number of urea groups is 1. The van der Waals surface area contributed by atoms with Gasteiger partial charge in [-0.2, -0.15) is 8.78 Å². The minimum absolute atomic E-state index is 0.0421. The fourth-order valence-corrected chi connectivity index (χ4v) is 2.27. The van der Waals surface area contributed by atoms with E-state index in [1.54, 1.807) is 0 Å². The van der Waals surface area contributed by atoms with E-state index in [4.69, 9.17) is 0 Å². The van der Waals surface area contributed by atoms with Crippen molar-refractivity contribution in [3.05, 3.63) is 24.3 Å². The van der Waals surface area contributed by atoms with Crippen molar-refractivity contribution in [3.63, 3.8) is 0 Å². The predicted molar refractivity (Wildman–Crippen MR) is 80.6 cm³/mol. The standard InChI is InChI=1S/C15H17F2N3O4/c1-2-3-11-13(22)20(15(23)19-11)8-12(21)18-9-4-6-10(7-5-9)24-14(16)17/h4-7,11,14H,2-3,8H2,1H3,(H,18,21)(H,19,23)/t11-/m1/s1. The molecule has 0 unspecified atom stereocenters. The molecule has 1 aromatic rings. The summed E-state index contributed by atoms with van der Waals surface area (Å²) in [6.45, 7) is -1.46. The zero-order valence-electron chi connectivity index (χ0n) is 12.9. The van der Waals surface area contributed by atoms with E-state index in [0.717, 1.165) is 11.3 Å². The number of amides is 4. The monoisotopic (exact) mass is 341 g/mol. The summed E-state index contributed by atoms with van der Waals surface area (Å²) in [6.07, 6.45) is 1.23. The maximum Gasteiger partial charge on any atom is 0.387 e. The maximum absolute atomic E-state index is 12.1. The molecule has 1 aliphatic rings. The van der Waals surface area contributed by atoms with Crippen molar-refractivity contribution in [1.29, 1.82) is 0 Å². The van der Waals surface area contributed by atoms with Crippen molar-refractivity contribution in [2.75, 3.05) is 11.9 Å². The Labute approximate surface area is 136 Å². The quantitative estimate of drug-likeness (QED) is 0.742. The van der Waals surface area contributed by atoms with Crippen molar-refractivity contribution in [1.82, 2.24) is 10.2 Å². The first kappa shape index (κ1) is 17.6. The molecule has 1 aromatic carbocycles. The fraction of sp³-hybridized carbons (Fsp3) is 0.400. The second-order valence-electron chi connectivity index (χ2n) is 5.17. The average molecular weight is 341 g/mol. The van der Waals surface area contributed by atoms with Crippen LogP contribution in [0.5, 0.6) is 5.75 Å². The van der Waals surface area contributed by atoms with Crippen LogP contribution in [0.15, 0.2) is 24.3 Å². The van der Waals surface area contributed by atoms with Gasteiger partial charge in [-0.3, -0.25) is 14.5 Å². The van der Waals surface area contributed by atoms with Crippen LogP contribution in [-0.4, -0.2) is 41.9 Å². The van der Waals surface area contributed by atoms with Crippen LogP contribution >= 0.6 is 0 Å². The Balaban J connectivity index is 1.91. The van der Waals surface area contributed by atoms with Gasteiger partial charge in [-0.15, -0.1) is 0 Å². The first-order valence-corrected chi connectivity index (χ1v) is 7.37. The summed E-state index contributed by atoms with van der Waals surface area (Å²) in [5.41, 5.74) is 0.332. The third-order valence-corrected chi connectivity index (χ3v) is 3.35. The molecule has 1 atom stereocenters. The van der Waals surface area contributed by atoms with Gasteiger partial charge in [0.05, 0.1) is 0 Å². The summed E-state index contributed by atoms with van der Waals surface area (Å²) in [7, 11) is 0. The molecule has 1 fully saturated rings. The summed E-state index contributed by atoms with van der Waals surface area (Å²) in [5.74, 6) is -1.05. The van der Waals surface area contributed by atoms with Crippen molar-refractivity contribution in [2.45, 2.75) is 32.4 Å². The smallest absolute Gasteiger partial charge is 0.387 e. The van der Waals surface area contributed by atoms with Gasteiger partial charge in [0.2, 0.25) is 5.91 Å². The molecule has 9 heteroatoms. The Bertz CT molecular complexity index is 622. The zero-order valence-corrected chi connectivity index (χ0v) is 12.9. The van der Waals surface area contributed by atoms with Crippen LogP contribution in [0.3, 0.4) is 0 Å². The van der Waals surface area contributed by atoms with E-state index in [1.807, 2.05) is 6.92 Å². The summed E-state index contributed by atoms with van der Waals surface area (Å²) in [6, 6.07) is 4.10. The third-order valence-electron chi connectivity index (χ3n) is 3.35. The van der Waals surface area contributed by atoms with Crippen LogP contribution in [0.25, 0.3) is 0 Å². The van der Waals surface area contributed by atoms with Crippen LogP contribution in [-0.2, 0) is 9.59 Å². The van der Waals surface area contributed by atoms with E-state index in [2.05, 4.69) is 15.4 Å². The lowest BCUT2D eigenvalue weighted by atomic mass is 10.2.